The second-order valence-electron chi connectivity index (χ2n) is 5.47. The number of fused-ring (bicyclic) bond motifs is 2. The Labute approximate surface area is 124 Å². The Kier molecular flexibility index (Phi) is 3.25. The van der Waals surface area contributed by atoms with Crippen LogP contribution >= 0.6 is 0 Å². The topological polar surface area (TPSA) is 34.1 Å². The summed E-state index contributed by atoms with van der Waals surface area (Å²) in [6.45, 7) is 6.15. The maximum atomic E-state index is 12.8. The Morgan fingerprint density at radius 1 is 0.857 bits per heavy atom. The van der Waals surface area contributed by atoms with Gasteiger partial charge in [0.15, 0.2) is 11.6 Å². The fourth-order valence-electron chi connectivity index (χ4n) is 3.37. The van der Waals surface area contributed by atoms with Gasteiger partial charge in [0.05, 0.1) is 0 Å². The second-order valence-corrected chi connectivity index (χ2v) is 5.47. The lowest BCUT2D eigenvalue weighted by molar-refractivity contribution is 0.0978. The number of ketones is 2. The van der Waals surface area contributed by atoms with E-state index >= 15 is 0 Å². The van der Waals surface area contributed by atoms with Crippen LogP contribution in [0, 0.1) is 6.92 Å². The van der Waals surface area contributed by atoms with Crippen molar-refractivity contribution in [1.82, 2.24) is 0 Å². The number of hydrogen-bond acceptors (Lipinski definition) is 2. The van der Waals surface area contributed by atoms with Crippen molar-refractivity contribution in [3.63, 3.8) is 0 Å². The molecule has 0 heterocycles. The molecule has 0 fully saturated rings. The van der Waals surface area contributed by atoms with Crippen LogP contribution in [0.5, 0.6) is 0 Å². The van der Waals surface area contributed by atoms with Crippen LogP contribution in [-0.2, 0) is 12.8 Å². The van der Waals surface area contributed by atoms with Crippen molar-refractivity contribution >= 4 is 11.6 Å². The van der Waals surface area contributed by atoms with Gasteiger partial charge in [0.2, 0.25) is 0 Å². The molecule has 0 spiro atoms. The van der Waals surface area contributed by atoms with Gasteiger partial charge in [-0.15, -0.1) is 0 Å². The van der Waals surface area contributed by atoms with Gasteiger partial charge in [0, 0.05) is 22.3 Å². The first-order valence-corrected chi connectivity index (χ1v) is 7.43. The van der Waals surface area contributed by atoms with Gasteiger partial charge in [-0.25, -0.2) is 0 Å². The first-order valence-electron chi connectivity index (χ1n) is 7.43. The van der Waals surface area contributed by atoms with Gasteiger partial charge in [-0.3, -0.25) is 9.59 Å². The molecule has 21 heavy (non-hydrogen) atoms. The maximum absolute atomic E-state index is 12.8. The molecule has 106 valence electrons. The molecular weight excluding hydrogens is 260 g/mol. The number of carbonyl (C=O) groups is 2. The van der Waals surface area contributed by atoms with E-state index in [4.69, 9.17) is 0 Å². The third-order valence-electron chi connectivity index (χ3n) is 4.43. The maximum Gasteiger partial charge on any atom is 0.194 e. The third kappa shape index (κ3) is 1.86. The number of benzene rings is 2. The number of rotatable bonds is 2. The van der Waals surface area contributed by atoms with Gasteiger partial charge in [-0.1, -0.05) is 38.1 Å². The predicted octanol–water partition coefficient (Wildman–Crippen LogP) is 3.90. The minimum absolute atomic E-state index is 0.0185. The summed E-state index contributed by atoms with van der Waals surface area (Å²) in [6, 6.07) is 9.04. The molecule has 1 aliphatic carbocycles. The van der Waals surface area contributed by atoms with Gasteiger partial charge in [0.25, 0.3) is 0 Å². The zero-order chi connectivity index (χ0) is 15.1. The summed E-state index contributed by atoms with van der Waals surface area (Å²) in [5.74, 6) is -0.0456. The predicted molar refractivity (Wildman–Crippen MR) is 83.2 cm³/mol. The van der Waals surface area contributed by atoms with Crippen LogP contribution in [-0.4, -0.2) is 11.6 Å². The molecule has 2 nitrogen and oxygen atoms in total. The van der Waals surface area contributed by atoms with E-state index in [1.54, 1.807) is 12.1 Å². The van der Waals surface area contributed by atoms with Crippen molar-refractivity contribution in [2.45, 2.75) is 33.6 Å². The summed E-state index contributed by atoms with van der Waals surface area (Å²) in [6.07, 6.45) is 1.76. The van der Waals surface area contributed by atoms with Gasteiger partial charge in [-0.2, -0.15) is 0 Å². The molecule has 0 saturated carbocycles. The molecule has 0 amide bonds. The molecule has 3 rings (SSSR count). The summed E-state index contributed by atoms with van der Waals surface area (Å²) >= 11 is 0. The fourth-order valence-corrected chi connectivity index (χ4v) is 3.37. The van der Waals surface area contributed by atoms with Crippen LogP contribution in [0.3, 0.4) is 0 Å². The Morgan fingerprint density at radius 2 is 1.48 bits per heavy atom. The van der Waals surface area contributed by atoms with Crippen molar-refractivity contribution in [1.29, 1.82) is 0 Å². The number of aryl methyl sites for hydroxylation is 1. The Morgan fingerprint density at radius 3 is 2.05 bits per heavy atom. The molecule has 0 saturated heterocycles. The first-order chi connectivity index (χ1) is 10.1. The SMILES string of the molecule is CCc1cc2c(c(C)c1CC)C(=O)c1ccccc1C2=O. The highest BCUT2D eigenvalue weighted by Gasteiger charge is 2.31. The monoisotopic (exact) mass is 278 g/mol. The molecule has 0 aromatic heterocycles. The summed E-state index contributed by atoms with van der Waals surface area (Å²) in [5, 5.41) is 0. The highest BCUT2D eigenvalue weighted by molar-refractivity contribution is 6.29. The van der Waals surface area contributed by atoms with Crippen molar-refractivity contribution in [3.8, 4) is 0 Å². The Balaban J connectivity index is 2.35. The highest BCUT2D eigenvalue weighted by Crippen LogP contribution is 2.33. The van der Waals surface area contributed by atoms with E-state index < -0.39 is 0 Å². The fraction of sp³-hybridized carbons (Fsp3) is 0.263. The third-order valence-corrected chi connectivity index (χ3v) is 4.43. The van der Waals surface area contributed by atoms with Gasteiger partial charge < -0.3 is 0 Å². The smallest absolute Gasteiger partial charge is 0.194 e. The molecule has 2 aromatic rings. The molecule has 1 aliphatic rings. The van der Waals surface area contributed by atoms with Crippen molar-refractivity contribution < 1.29 is 9.59 Å². The van der Waals surface area contributed by atoms with E-state index in [2.05, 4.69) is 13.8 Å². The standard InChI is InChI=1S/C19H18O2/c1-4-12-10-16-17(11(3)13(12)5-2)19(21)15-9-7-6-8-14(15)18(16)20/h6-10H,4-5H2,1-3H3. The molecule has 0 N–H and O–H groups in total. The first kappa shape index (κ1) is 13.7. The Hall–Kier alpha value is -2.22. The molecule has 0 atom stereocenters. The van der Waals surface area contributed by atoms with Crippen LogP contribution in [0.4, 0.5) is 0 Å². The zero-order valence-corrected chi connectivity index (χ0v) is 12.6. The van der Waals surface area contributed by atoms with E-state index in [1.807, 2.05) is 25.1 Å². The normalized spacial score (nSPS) is 13.1. The summed E-state index contributed by atoms with van der Waals surface area (Å²) in [7, 11) is 0. The number of hydrogen-bond donors (Lipinski definition) is 0. The number of carbonyl (C=O) groups excluding carboxylic acids is 2. The molecular formula is C19H18O2. The Bertz CT molecular complexity index is 769. The van der Waals surface area contributed by atoms with Crippen LogP contribution in [0.1, 0.15) is 62.4 Å². The molecule has 0 radical (unpaired) electrons. The lowest BCUT2D eigenvalue weighted by atomic mass is 9.78. The molecule has 0 aliphatic heterocycles. The van der Waals surface area contributed by atoms with Crippen molar-refractivity contribution in [2.24, 2.45) is 0 Å². The lowest BCUT2D eigenvalue weighted by Crippen LogP contribution is -2.23. The minimum atomic E-state index is -0.0272. The van der Waals surface area contributed by atoms with Crippen LogP contribution in [0.2, 0.25) is 0 Å². The lowest BCUT2D eigenvalue weighted by Gasteiger charge is -2.23. The largest absolute Gasteiger partial charge is 0.289 e. The van der Waals surface area contributed by atoms with Crippen LogP contribution < -0.4 is 0 Å². The van der Waals surface area contributed by atoms with E-state index in [0.29, 0.717) is 22.3 Å². The van der Waals surface area contributed by atoms with E-state index in [-0.39, 0.29) is 11.6 Å². The van der Waals surface area contributed by atoms with Crippen molar-refractivity contribution in [3.05, 3.63) is 69.3 Å². The summed E-state index contributed by atoms with van der Waals surface area (Å²) < 4.78 is 0. The molecule has 2 aromatic carbocycles. The summed E-state index contributed by atoms with van der Waals surface area (Å²) in [5.41, 5.74) is 5.59. The average molecular weight is 278 g/mol. The van der Waals surface area contributed by atoms with E-state index in [1.165, 1.54) is 11.1 Å². The van der Waals surface area contributed by atoms with Crippen LogP contribution in [0.25, 0.3) is 0 Å². The second kappa shape index (κ2) is 4.96. The highest BCUT2D eigenvalue weighted by atomic mass is 16.1. The van der Waals surface area contributed by atoms with E-state index in [0.717, 1.165) is 18.4 Å². The quantitative estimate of drug-likeness (QED) is 0.712. The van der Waals surface area contributed by atoms with Gasteiger partial charge >= 0.3 is 0 Å². The minimum Gasteiger partial charge on any atom is -0.289 e. The summed E-state index contributed by atoms with van der Waals surface area (Å²) in [4.78, 5) is 25.5. The van der Waals surface area contributed by atoms with Gasteiger partial charge in [0.1, 0.15) is 0 Å². The average Bonchev–Trinajstić information content (AvgIpc) is 2.51. The van der Waals surface area contributed by atoms with Crippen LogP contribution in [0.15, 0.2) is 30.3 Å². The molecule has 0 bridgehead atoms. The van der Waals surface area contributed by atoms with Gasteiger partial charge in [-0.05, 0) is 42.5 Å². The zero-order valence-electron chi connectivity index (χ0n) is 12.6. The molecule has 2 heteroatoms. The van der Waals surface area contributed by atoms with Crippen molar-refractivity contribution in [2.75, 3.05) is 0 Å². The van der Waals surface area contributed by atoms with E-state index in [9.17, 15) is 9.59 Å². The molecule has 0 unspecified atom stereocenters.